The van der Waals surface area contributed by atoms with E-state index in [0.717, 1.165) is 31.5 Å². The summed E-state index contributed by atoms with van der Waals surface area (Å²) in [5.41, 5.74) is 14.3. The number of anilines is 4. The third kappa shape index (κ3) is 8.14. The number of nitrogens with zero attached hydrogens (tertiary/aromatic N) is 4. The Labute approximate surface area is 325 Å². The zero-order valence-corrected chi connectivity index (χ0v) is 31.7. The predicted octanol–water partition coefficient (Wildman–Crippen LogP) is 1.71. The number of para-hydroxylation sites is 4. The summed E-state index contributed by atoms with van der Waals surface area (Å²) in [5, 5.41) is 4.25. The van der Waals surface area contributed by atoms with Crippen LogP contribution in [0.25, 0.3) is 0 Å². The van der Waals surface area contributed by atoms with Crippen LogP contribution in [0.5, 0.6) is 0 Å². The summed E-state index contributed by atoms with van der Waals surface area (Å²) in [5.74, 6) is 0. The van der Waals surface area contributed by atoms with Crippen LogP contribution < -0.4 is 55.5 Å². The van der Waals surface area contributed by atoms with Crippen LogP contribution >= 0.6 is 0 Å². The fourth-order valence-corrected chi connectivity index (χ4v) is 7.37. The number of rotatable bonds is 6. The number of benzene rings is 6. The maximum absolute atomic E-state index is 3.63. The summed E-state index contributed by atoms with van der Waals surface area (Å²) in [6.45, 7) is 0. The van der Waals surface area contributed by atoms with Crippen molar-refractivity contribution in [1.82, 2.24) is 10.9 Å². The van der Waals surface area contributed by atoms with Crippen LogP contribution in [0, 0.1) is 0 Å². The summed E-state index contributed by atoms with van der Waals surface area (Å²) < 4.78 is 2.17. The fourth-order valence-electron chi connectivity index (χ4n) is 5.80. The Hall–Kier alpha value is -3.99. The number of hydrazine groups is 2. The zero-order chi connectivity index (χ0) is 32.7. The van der Waals surface area contributed by atoms with Crippen LogP contribution in [0.3, 0.4) is 0 Å². The van der Waals surface area contributed by atoms with Crippen molar-refractivity contribution in [3.63, 3.8) is 0 Å². The predicted molar refractivity (Wildman–Crippen MR) is 190 cm³/mol. The third-order valence-electron chi connectivity index (χ3n) is 8.09. The van der Waals surface area contributed by atoms with Gasteiger partial charge in [-0.1, -0.05) is 0 Å². The normalized spacial score (nSPS) is 16.6. The Morgan fingerprint density at radius 3 is 0.860 bits per heavy atom. The van der Waals surface area contributed by atoms with Gasteiger partial charge in [-0.05, 0) is 0 Å². The van der Waals surface area contributed by atoms with Crippen molar-refractivity contribution in [2.75, 3.05) is 19.8 Å². The van der Waals surface area contributed by atoms with Crippen LogP contribution in [0.4, 0.5) is 22.7 Å². The van der Waals surface area contributed by atoms with E-state index in [1.54, 1.807) is 0 Å². The molecule has 10 heteroatoms. The van der Waals surface area contributed by atoms with Crippen LogP contribution in [-0.4, -0.2) is 8.71 Å². The Balaban J connectivity index is 0.000000187. The van der Waals surface area contributed by atoms with E-state index in [1.165, 1.54) is 11.1 Å². The first kappa shape index (κ1) is 37.3. The molecule has 6 aromatic rings. The molecule has 6 aromatic carbocycles. The quantitative estimate of drug-likeness (QED) is 0.249. The molecule has 254 valence electrons. The molecular weight excluding hydrogens is 838 g/mol. The van der Waals surface area contributed by atoms with Crippen molar-refractivity contribution in [1.29, 1.82) is 0 Å². The van der Waals surface area contributed by atoms with E-state index in [9.17, 15) is 0 Å². The molecule has 2 saturated heterocycles. The molecule has 0 bridgehead atoms. The SMILES string of the molecule is [Cl-].[Cl-].[Ru+]=[C]1N(c2ccccc2)NC(c2ccccc2)N1c1ccccc1.[Ru+]=[C]1N(c2ccccc2)NC(c2ccccc2)N1c1ccccc1. The van der Waals surface area contributed by atoms with Gasteiger partial charge in [0.2, 0.25) is 0 Å². The summed E-state index contributed by atoms with van der Waals surface area (Å²) in [6.07, 6.45) is 0.0924. The number of hydrogen-bond acceptors (Lipinski definition) is 6. The average Bonchev–Trinajstić information content (AvgIpc) is 3.70. The van der Waals surface area contributed by atoms with Gasteiger partial charge in [-0.2, -0.15) is 0 Å². The van der Waals surface area contributed by atoms with E-state index in [-0.39, 0.29) is 37.1 Å². The molecule has 2 aliphatic rings. The molecule has 2 unspecified atom stereocenters. The molecule has 0 aliphatic carbocycles. The summed E-state index contributed by atoms with van der Waals surface area (Å²) in [6, 6.07) is 62.7. The van der Waals surface area contributed by atoms with Crippen molar-refractivity contribution in [3.05, 3.63) is 193 Å². The van der Waals surface area contributed by atoms with Crippen LogP contribution in [-0.2, 0) is 35.7 Å². The molecule has 0 aromatic heterocycles. The number of halogens is 2. The summed E-state index contributed by atoms with van der Waals surface area (Å²) >= 11 is 5.52. The van der Waals surface area contributed by atoms with Gasteiger partial charge >= 0.3 is 303 Å². The van der Waals surface area contributed by atoms with Crippen molar-refractivity contribution >= 4 is 31.5 Å². The van der Waals surface area contributed by atoms with Crippen molar-refractivity contribution in [2.24, 2.45) is 0 Å². The van der Waals surface area contributed by atoms with Crippen molar-refractivity contribution < 1.29 is 60.5 Å². The molecule has 2 heterocycles. The molecule has 0 radical (unpaired) electrons. The van der Waals surface area contributed by atoms with Gasteiger partial charge in [0.15, 0.2) is 0 Å². The van der Waals surface area contributed by atoms with E-state index in [4.69, 9.17) is 0 Å². The van der Waals surface area contributed by atoms with E-state index < -0.39 is 0 Å². The zero-order valence-electron chi connectivity index (χ0n) is 26.7. The van der Waals surface area contributed by atoms with E-state index in [0.29, 0.717) is 0 Å². The molecular formula is C40H34Cl2N6Ru2. The van der Waals surface area contributed by atoms with Gasteiger partial charge in [0, 0.05) is 0 Å². The molecule has 2 fully saturated rings. The van der Waals surface area contributed by atoms with Gasteiger partial charge in [-0.25, -0.2) is 0 Å². The van der Waals surface area contributed by atoms with Gasteiger partial charge in [-0.15, -0.1) is 0 Å². The molecule has 0 spiro atoms. The first-order chi connectivity index (χ1) is 23.7. The molecule has 2 aliphatic heterocycles. The van der Waals surface area contributed by atoms with E-state index in [2.05, 4.69) is 212 Å². The van der Waals surface area contributed by atoms with E-state index >= 15 is 0 Å². The topological polar surface area (TPSA) is 37.0 Å². The van der Waals surface area contributed by atoms with Crippen molar-refractivity contribution in [2.45, 2.75) is 12.3 Å². The summed E-state index contributed by atoms with van der Waals surface area (Å²) in [4.78, 5) is 4.61. The average molecular weight is 872 g/mol. The standard InChI is InChI=1S/2C20H17N3.2ClH.2Ru/c2*1-4-10-17(11-5-1)20-21-23(19-14-8-3-9-15-19)16-22(20)18-12-6-2-7-13-18;;;;/h2*1-15,20-21H;2*1H;;/q;;;;2*+1/p-2. The fraction of sp³-hybridized carbons (Fsp3) is 0.0500. The first-order valence-corrected chi connectivity index (χ1v) is 17.5. The van der Waals surface area contributed by atoms with Gasteiger partial charge in [0.25, 0.3) is 0 Å². The second-order valence-electron chi connectivity index (χ2n) is 11.2. The van der Waals surface area contributed by atoms with Gasteiger partial charge < -0.3 is 24.8 Å². The summed E-state index contributed by atoms with van der Waals surface area (Å²) in [7, 11) is 0. The van der Waals surface area contributed by atoms with Gasteiger partial charge in [0.1, 0.15) is 0 Å². The monoisotopic (exact) mass is 872 g/mol. The maximum atomic E-state index is 3.63. The van der Waals surface area contributed by atoms with Crippen LogP contribution in [0.15, 0.2) is 182 Å². The van der Waals surface area contributed by atoms with Crippen LogP contribution in [0.1, 0.15) is 23.5 Å². The Morgan fingerprint density at radius 1 is 0.340 bits per heavy atom. The molecule has 0 amide bonds. The Bertz CT molecular complexity index is 1800. The second kappa shape index (κ2) is 17.8. The minimum atomic E-state index is 0. The van der Waals surface area contributed by atoms with Crippen molar-refractivity contribution in [3.8, 4) is 0 Å². The molecule has 2 atom stereocenters. The molecule has 8 rings (SSSR count). The second-order valence-corrected chi connectivity index (χ2v) is 12.7. The molecule has 2 N–H and O–H groups in total. The number of nitrogens with one attached hydrogen (secondary N) is 2. The molecule has 50 heavy (non-hydrogen) atoms. The number of hydrogen-bond donors (Lipinski definition) is 2. The first-order valence-electron chi connectivity index (χ1n) is 15.7. The molecule has 0 saturated carbocycles. The van der Waals surface area contributed by atoms with Gasteiger partial charge in [0.05, 0.1) is 0 Å². The van der Waals surface area contributed by atoms with E-state index in [1.807, 2.05) is 36.4 Å². The molecule has 6 nitrogen and oxygen atoms in total. The minimum absolute atomic E-state index is 0. The Kier molecular flexibility index (Phi) is 13.3. The third-order valence-corrected chi connectivity index (χ3v) is 9.71. The Morgan fingerprint density at radius 2 is 0.580 bits per heavy atom. The van der Waals surface area contributed by atoms with Gasteiger partial charge in [-0.3, -0.25) is 0 Å². The van der Waals surface area contributed by atoms with Crippen LogP contribution in [0.2, 0.25) is 0 Å².